The van der Waals surface area contributed by atoms with Crippen LogP contribution in [0.1, 0.15) is 52.5 Å². The van der Waals surface area contributed by atoms with E-state index in [0.29, 0.717) is 6.61 Å². The maximum atomic E-state index is 6.54. The summed E-state index contributed by atoms with van der Waals surface area (Å²) in [6.07, 6.45) is 3.56. The van der Waals surface area contributed by atoms with Crippen LogP contribution in [0.4, 0.5) is 5.69 Å². The molecule has 0 saturated carbocycles. The molecule has 0 aliphatic carbocycles. The first-order chi connectivity index (χ1) is 15.8. The molecule has 1 fully saturated rings. The van der Waals surface area contributed by atoms with Gasteiger partial charge in [0.05, 0.1) is 12.6 Å². The molecule has 0 amide bonds. The van der Waals surface area contributed by atoms with Gasteiger partial charge in [0, 0.05) is 28.9 Å². The molecule has 2 aliphatic heterocycles. The van der Waals surface area contributed by atoms with Gasteiger partial charge in [0.2, 0.25) is 0 Å². The average Bonchev–Trinajstić information content (AvgIpc) is 3.22. The Bertz CT molecular complexity index is 1140. The standard InChI is InChI=1S/C29H35N3O/c1-28(2)17-10-18-29(3,4)32(28)33-21-25-20-31(26-13-6-5-7-14-26)27(30-25)24-16-15-22-11-8-9-12-23(22)19-24/h5-9,11-16,19,25H,10,17-18,20-21H2,1-4H3. The fraction of sp³-hybridized carbons (Fsp3) is 0.414. The van der Waals surface area contributed by atoms with Crippen molar-refractivity contribution < 1.29 is 4.84 Å². The number of benzene rings is 3. The van der Waals surface area contributed by atoms with E-state index in [-0.39, 0.29) is 17.1 Å². The van der Waals surface area contributed by atoms with E-state index >= 15 is 0 Å². The fourth-order valence-electron chi connectivity index (χ4n) is 5.55. The third-order valence-electron chi connectivity index (χ3n) is 7.10. The van der Waals surface area contributed by atoms with E-state index in [0.717, 1.165) is 30.8 Å². The molecule has 1 atom stereocenters. The van der Waals surface area contributed by atoms with Crippen LogP contribution in [0, 0.1) is 0 Å². The van der Waals surface area contributed by atoms with Gasteiger partial charge < -0.3 is 4.90 Å². The van der Waals surface area contributed by atoms with Crippen molar-refractivity contribution in [2.75, 3.05) is 18.1 Å². The summed E-state index contributed by atoms with van der Waals surface area (Å²) in [7, 11) is 0. The number of fused-ring (bicyclic) bond motifs is 1. The number of rotatable bonds is 5. The average molecular weight is 442 g/mol. The van der Waals surface area contributed by atoms with Crippen LogP contribution in [0.2, 0.25) is 0 Å². The number of hydrogen-bond donors (Lipinski definition) is 0. The highest BCUT2D eigenvalue weighted by atomic mass is 16.7. The molecule has 2 aliphatic rings. The van der Waals surface area contributed by atoms with Crippen molar-refractivity contribution in [2.45, 2.75) is 64.1 Å². The molecule has 3 aromatic carbocycles. The van der Waals surface area contributed by atoms with Gasteiger partial charge in [0.15, 0.2) is 0 Å². The normalized spacial score (nSPS) is 22.5. The van der Waals surface area contributed by atoms with Crippen molar-refractivity contribution in [3.8, 4) is 0 Å². The molecule has 4 heteroatoms. The maximum absolute atomic E-state index is 6.54. The van der Waals surface area contributed by atoms with E-state index in [9.17, 15) is 0 Å². The molecule has 2 heterocycles. The smallest absolute Gasteiger partial charge is 0.135 e. The molecule has 5 rings (SSSR count). The summed E-state index contributed by atoms with van der Waals surface area (Å²) >= 11 is 0. The Morgan fingerprint density at radius 3 is 2.24 bits per heavy atom. The summed E-state index contributed by atoms with van der Waals surface area (Å²) in [6, 6.07) is 25.8. The third kappa shape index (κ3) is 4.42. The van der Waals surface area contributed by atoms with E-state index in [1.165, 1.54) is 22.9 Å². The molecule has 0 aromatic heterocycles. The SMILES string of the molecule is CC1(C)CCCC(C)(C)N1OCC1CN(c2ccccc2)C(c2ccc3ccccc3c2)=N1. The van der Waals surface area contributed by atoms with E-state index in [4.69, 9.17) is 9.83 Å². The topological polar surface area (TPSA) is 28.1 Å². The number of anilines is 1. The number of hydroxylamine groups is 2. The van der Waals surface area contributed by atoms with Crippen molar-refractivity contribution in [1.82, 2.24) is 5.06 Å². The van der Waals surface area contributed by atoms with Gasteiger partial charge in [-0.2, -0.15) is 5.06 Å². The highest BCUT2D eigenvalue weighted by molar-refractivity contribution is 6.12. The Labute approximate surface area is 197 Å². The number of aliphatic imine (C=N–C) groups is 1. The number of nitrogens with zero attached hydrogens (tertiary/aromatic N) is 3. The number of hydrogen-bond acceptors (Lipinski definition) is 4. The highest BCUT2D eigenvalue weighted by Crippen LogP contribution is 2.38. The minimum Gasteiger partial charge on any atom is -0.324 e. The Morgan fingerprint density at radius 2 is 1.52 bits per heavy atom. The molecule has 0 radical (unpaired) electrons. The third-order valence-corrected chi connectivity index (χ3v) is 7.10. The van der Waals surface area contributed by atoms with E-state index in [2.05, 4.69) is 110 Å². The van der Waals surface area contributed by atoms with Crippen molar-refractivity contribution in [1.29, 1.82) is 0 Å². The molecule has 4 nitrogen and oxygen atoms in total. The van der Waals surface area contributed by atoms with Crippen molar-refractivity contribution >= 4 is 22.3 Å². The van der Waals surface area contributed by atoms with E-state index in [1.807, 2.05) is 0 Å². The Hall–Kier alpha value is -2.69. The molecule has 0 N–H and O–H groups in total. The zero-order chi connectivity index (χ0) is 23.1. The predicted molar refractivity (Wildman–Crippen MR) is 138 cm³/mol. The van der Waals surface area contributed by atoms with Crippen LogP contribution in [0.5, 0.6) is 0 Å². The summed E-state index contributed by atoms with van der Waals surface area (Å²) in [4.78, 5) is 14.1. The molecule has 172 valence electrons. The summed E-state index contributed by atoms with van der Waals surface area (Å²) in [6.45, 7) is 10.6. The maximum Gasteiger partial charge on any atom is 0.135 e. The Kier molecular flexibility index (Phi) is 5.75. The molecule has 1 saturated heterocycles. The minimum absolute atomic E-state index is 0.0321. The zero-order valence-electron chi connectivity index (χ0n) is 20.3. The van der Waals surface area contributed by atoms with E-state index in [1.54, 1.807) is 0 Å². The van der Waals surface area contributed by atoms with Crippen LogP contribution in [0.25, 0.3) is 10.8 Å². The van der Waals surface area contributed by atoms with Crippen LogP contribution in [0.15, 0.2) is 77.8 Å². The first kappa shape index (κ1) is 22.1. The molecular formula is C29H35N3O. The number of piperidine rings is 1. The Morgan fingerprint density at radius 1 is 0.848 bits per heavy atom. The number of para-hydroxylation sites is 1. The van der Waals surface area contributed by atoms with Gasteiger partial charge in [-0.15, -0.1) is 0 Å². The van der Waals surface area contributed by atoms with Crippen molar-refractivity contribution in [3.05, 3.63) is 78.4 Å². The quantitative estimate of drug-likeness (QED) is 0.455. The van der Waals surface area contributed by atoms with Crippen molar-refractivity contribution in [2.24, 2.45) is 4.99 Å². The summed E-state index contributed by atoms with van der Waals surface area (Å²) in [5.41, 5.74) is 2.39. The number of amidine groups is 1. The van der Waals surface area contributed by atoms with Crippen LogP contribution < -0.4 is 4.90 Å². The second-order valence-electron chi connectivity index (χ2n) is 10.7. The zero-order valence-corrected chi connectivity index (χ0v) is 20.3. The molecule has 3 aromatic rings. The van der Waals surface area contributed by atoms with Crippen LogP contribution in [0.3, 0.4) is 0 Å². The van der Waals surface area contributed by atoms with Gasteiger partial charge in [0.1, 0.15) is 5.84 Å². The lowest BCUT2D eigenvalue weighted by atomic mass is 9.82. The lowest BCUT2D eigenvalue weighted by Crippen LogP contribution is -2.58. The molecule has 1 unspecified atom stereocenters. The minimum atomic E-state index is 0.0321. The van der Waals surface area contributed by atoms with Gasteiger partial charge in [-0.25, -0.2) is 0 Å². The molecular weight excluding hydrogens is 406 g/mol. The van der Waals surface area contributed by atoms with Crippen molar-refractivity contribution in [3.63, 3.8) is 0 Å². The second kappa shape index (κ2) is 8.58. The summed E-state index contributed by atoms with van der Waals surface area (Å²) in [5, 5.41) is 4.74. The molecule has 0 bridgehead atoms. The van der Waals surface area contributed by atoms with Gasteiger partial charge in [-0.3, -0.25) is 9.83 Å². The fourth-order valence-corrected chi connectivity index (χ4v) is 5.55. The first-order valence-corrected chi connectivity index (χ1v) is 12.2. The van der Waals surface area contributed by atoms with Crippen LogP contribution in [-0.2, 0) is 4.84 Å². The van der Waals surface area contributed by atoms with Gasteiger partial charge in [-0.05, 0) is 75.9 Å². The Balaban J connectivity index is 1.43. The lowest BCUT2D eigenvalue weighted by molar-refractivity contribution is -0.281. The summed E-state index contributed by atoms with van der Waals surface area (Å²) < 4.78 is 0. The monoisotopic (exact) mass is 441 g/mol. The second-order valence-corrected chi connectivity index (χ2v) is 10.7. The van der Waals surface area contributed by atoms with Gasteiger partial charge in [-0.1, -0.05) is 54.6 Å². The predicted octanol–water partition coefficient (Wildman–Crippen LogP) is 6.45. The van der Waals surface area contributed by atoms with Gasteiger partial charge >= 0.3 is 0 Å². The largest absolute Gasteiger partial charge is 0.324 e. The highest BCUT2D eigenvalue weighted by Gasteiger charge is 2.43. The first-order valence-electron chi connectivity index (χ1n) is 12.2. The summed E-state index contributed by atoms with van der Waals surface area (Å²) in [5.74, 6) is 1.03. The van der Waals surface area contributed by atoms with Crippen LogP contribution in [-0.4, -0.2) is 41.2 Å². The lowest BCUT2D eigenvalue weighted by Gasteiger charge is -2.51. The van der Waals surface area contributed by atoms with Gasteiger partial charge in [0.25, 0.3) is 0 Å². The molecule has 33 heavy (non-hydrogen) atoms. The van der Waals surface area contributed by atoms with E-state index < -0.39 is 0 Å². The molecule has 0 spiro atoms. The van der Waals surface area contributed by atoms with Crippen LogP contribution >= 0.6 is 0 Å².